The number of unbranched alkanes of at least 4 members (excludes halogenated alkanes) is 11. The van der Waals surface area contributed by atoms with Crippen LogP contribution in [-0.2, 0) is 14.0 Å². The normalized spacial score (nSPS) is 13.1. The summed E-state index contributed by atoms with van der Waals surface area (Å²) in [5.41, 5.74) is 0.174. The molecule has 0 saturated heterocycles. The Morgan fingerprint density at radius 1 is 0.865 bits per heavy atom. The number of methoxy groups -OCH3 is 1. The highest BCUT2D eigenvalue weighted by Crippen LogP contribution is 2.36. The molecule has 7 heteroatoms. The fourth-order valence-electron chi connectivity index (χ4n) is 4.99. The summed E-state index contributed by atoms with van der Waals surface area (Å²) >= 11 is 0. The maximum atomic E-state index is 14.6. The number of hydrogen-bond donors (Lipinski definition) is 0. The Morgan fingerprint density at radius 3 is 1.92 bits per heavy atom. The van der Waals surface area contributed by atoms with Crippen molar-refractivity contribution in [3.8, 4) is 0 Å². The summed E-state index contributed by atoms with van der Waals surface area (Å²) in [4.78, 5) is 12.4. The molecule has 0 N–H and O–H groups in total. The predicted molar refractivity (Wildman–Crippen MR) is 149 cm³/mol. The first-order valence-electron chi connectivity index (χ1n) is 14.3. The summed E-state index contributed by atoms with van der Waals surface area (Å²) in [6, 6.07) is 3.56. The van der Waals surface area contributed by atoms with Gasteiger partial charge in [0.05, 0.1) is 19.3 Å². The van der Waals surface area contributed by atoms with Crippen LogP contribution in [0.1, 0.15) is 116 Å². The van der Waals surface area contributed by atoms with Crippen molar-refractivity contribution in [2.45, 2.75) is 122 Å². The molecule has 0 amide bonds. The smallest absolute Gasteiger partial charge is 0.335 e. The Kier molecular flexibility index (Phi) is 16.8. The van der Waals surface area contributed by atoms with Gasteiger partial charge in [-0.2, -0.15) is 0 Å². The van der Waals surface area contributed by atoms with E-state index in [1.165, 1.54) is 71.0 Å². The number of benzene rings is 1. The summed E-state index contributed by atoms with van der Waals surface area (Å²) in [5.74, 6) is -4.24. The van der Waals surface area contributed by atoms with Crippen molar-refractivity contribution in [2.75, 3.05) is 13.7 Å². The quantitative estimate of drug-likeness (QED) is 0.0541. The Morgan fingerprint density at radius 2 is 1.41 bits per heavy atom. The van der Waals surface area contributed by atoms with Gasteiger partial charge in [-0.15, -0.1) is 0 Å². The number of carbonyl (C=O) groups is 1. The largest absolute Gasteiger partial charge is 0.466 e. The van der Waals surface area contributed by atoms with Gasteiger partial charge >= 0.3 is 5.97 Å². The van der Waals surface area contributed by atoms with E-state index in [9.17, 15) is 18.0 Å². The molecule has 1 aromatic carbocycles. The van der Waals surface area contributed by atoms with Crippen molar-refractivity contribution in [2.24, 2.45) is 0 Å². The third-order valence-corrected chi connectivity index (χ3v) is 12.7. The molecule has 3 nitrogen and oxygen atoms in total. The van der Waals surface area contributed by atoms with Crippen LogP contribution < -0.4 is 0 Å². The van der Waals surface area contributed by atoms with Gasteiger partial charge in [-0.05, 0) is 36.6 Å². The molecule has 0 radical (unpaired) electrons. The van der Waals surface area contributed by atoms with Crippen molar-refractivity contribution in [3.63, 3.8) is 0 Å². The Bertz CT molecular complexity index is 825. The van der Waals surface area contributed by atoms with E-state index in [-0.39, 0.29) is 12.2 Å². The molecule has 37 heavy (non-hydrogen) atoms. The summed E-state index contributed by atoms with van der Waals surface area (Å²) in [7, 11) is -1.29. The fourth-order valence-corrected chi connectivity index (χ4v) is 8.60. The Labute approximate surface area is 224 Å². The highest BCUT2D eigenvalue weighted by molar-refractivity contribution is 6.75. The molecule has 1 unspecified atom stereocenters. The lowest BCUT2D eigenvalue weighted by atomic mass is 10.0. The molecule has 0 aliphatic heterocycles. The van der Waals surface area contributed by atoms with Gasteiger partial charge in [0.25, 0.3) is 0 Å². The van der Waals surface area contributed by atoms with E-state index >= 15 is 0 Å². The van der Waals surface area contributed by atoms with Gasteiger partial charge in [0, 0.05) is 5.54 Å². The molecule has 1 aromatic rings. The molecular formula is C30H49F3O3Si. The highest BCUT2D eigenvalue weighted by Gasteiger charge is 2.40. The monoisotopic (exact) mass is 542 g/mol. The minimum Gasteiger partial charge on any atom is -0.466 e. The summed E-state index contributed by atoms with van der Waals surface area (Å²) in [6.07, 6.45) is 16.5. The van der Waals surface area contributed by atoms with Crippen LogP contribution >= 0.6 is 0 Å². The number of rotatable bonds is 20. The van der Waals surface area contributed by atoms with Crippen LogP contribution in [0.2, 0.25) is 12.1 Å². The lowest BCUT2D eigenvalue weighted by molar-refractivity contribution is -0.136. The maximum Gasteiger partial charge on any atom is 0.335 e. The highest BCUT2D eigenvalue weighted by atomic mass is 28.4. The van der Waals surface area contributed by atoms with Gasteiger partial charge in [0.2, 0.25) is 0 Å². The zero-order chi connectivity index (χ0) is 27.7. The van der Waals surface area contributed by atoms with Gasteiger partial charge in [0.1, 0.15) is 0 Å². The number of esters is 1. The number of carbonyl (C=O) groups excluding carboxylic acids is 1. The molecule has 0 aromatic heterocycles. The third kappa shape index (κ3) is 11.0. The molecule has 0 aliphatic carbocycles. The SMILES string of the molecule is CCCCCCCCCCCCC/C=C(\CO[Si](CC)(CC)C(C)c1ccc(F)c(F)c1F)C(=O)OC. The first-order chi connectivity index (χ1) is 17.8. The minimum atomic E-state index is -2.64. The van der Waals surface area contributed by atoms with E-state index in [1.807, 2.05) is 26.8 Å². The van der Waals surface area contributed by atoms with Gasteiger partial charge in [0.15, 0.2) is 25.8 Å². The molecule has 0 spiro atoms. The molecule has 0 aliphatic rings. The van der Waals surface area contributed by atoms with E-state index in [0.717, 1.165) is 25.3 Å². The molecule has 0 fully saturated rings. The van der Waals surface area contributed by atoms with Crippen molar-refractivity contribution >= 4 is 14.3 Å². The lowest BCUT2D eigenvalue weighted by Crippen LogP contribution is -2.44. The van der Waals surface area contributed by atoms with Crippen molar-refractivity contribution in [1.82, 2.24) is 0 Å². The molecular weight excluding hydrogens is 493 g/mol. The van der Waals surface area contributed by atoms with Crippen LogP contribution in [0.5, 0.6) is 0 Å². The summed E-state index contributed by atoms with van der Waals surface area (Å²) in [6.45, 7) is 8.06. The van der Waals surface area contributed by atoms with Crippen LogP contribution in [0.4, 0.5) is 13.2 Å². The zero-order valence-electron chi connectivity index (χ0n) is 23.8. The van der Waals surface area contributed by atoms with Crippen molar-refractivity contribution in [3.05, 3.63) is 46.8 Å². The minimum absolute atomic E-state index is 0.0776. The number of allylic oxidation sites excluding steroid dienone is 1. The van der Waals surface area contributed by atoms with Crippen LogP contribution in [0.3, 0.4) is 0 Å². The average molecular weight is 543 g/mol. The van der Waals surface area contributed by atoms with Gasteiger partial charge in [-0.1, -0.05) is 104 Å². The standard InChI is InChI=1S/C30H49F3O3Si/c1-6-9-10-11-12-13-14-15-16-17-18-19-20-25(30(34)35-5)23-36-37(7-2,8-3)24(4)26-21-22-27(31)29(33)28(26)32/h20-22,24H,6-19,23H2,1-5H3/b25-20+. The molecule has 1 atom stereocenters. The maximum absolute atomic E-state index is 14.6. The molecule has 1 rings (SSSR count). The average Bonchev–Trinajstić information content (AvgIpc) is 2.91. The summed E-state index contributed by atoms with van der Waals surface area (Å²) in [5, 5.41) is 0. The fraction of sp³-hybridized carbons (Fsp3) is 0.700. The Balaban J connectivity index is 2.65. The van der Waals surface area contributed by atoms with Crippen molar-refractivity contribution < 1.29 is 27.1 Å². The number of hydrogen-bond acceptors (Lipinski definition) is 3. The second-order valence-corrected chi connectivity index (χ2v) is 14.8. The van der Waals surface area contributed by atoms with Crippen molar-refractivity contribution in [1.29, 1.82) is 0 Å². The molecule has 212 valence electrons. The second kappa shape index (κ2) is 18.6. The first kappa shape index (κ1) is 33.4. The molecule has 0 heterocycles. The van der Waals surface area contributed by atoms with E-state index < -0.39 is 37.3 Å². The van der Waals surface area contributed by atoms with E-state index in [4.69, 9.17) is 9.16 Å². The second-order valence-electron chi connectivity index (χ2n) is 10.1. The Hall–Kier alpha value is -1.60. The number of ether oxygens (including phenoxy) is 1. The van der Waals surface area contributed by atoms with E-state index in [1.54, 1.807) is 0 Å². The van der Waals surface area contributed by atoms with Gasteiger partial charge in [-0.25, -0.2) is 18.0 Å². The molecule has 0 bridgehead atoms. The number of halogens is 3. The first-order valence-corrected chi connectivity index (χ1v) is 16.7. The van der Waals surface area contributed by atoms with E-state index in [2.05, 4.69) is 6.92 Å². The van der Waals surface area contributed by atoms with Crippen LogP contribution in [0.25, 0.3) is 0 Å². The van der Waals surface area contributed by atoms with E-state index in [0.29, 0.717) is 17.7 Å². The topological polar surface area (TPSA) is 35.5 Å². The zero-order valence-corrected chi connectivity index (χ0v) is 24.8. The van der Waals surface area contributed by atoms with Crippen LogP contribution in [0.15, 0.2) is 23.8 Å². The van der Waals surface area contributed by atoms with Crippen LogP contribution in [0, 0.1) is 17.5 Å². The lowest BCUT2D eigenvalue weighted by Gasteiger charge is -2.36. The molecule has 0 saturated carbocycles. The third-order valence-electron chi connectivity index (χ3n) is 7.68. The van der Waals surface area contributed by atoms with Crippen LogP contribution in [-0.4, -0.2) is 28.0 Å². The predicted octanol–water partition coefficient (Wildman–Crippen LogP) is 9.55. The van der Waals surface area contributed by atoms with Gasteiger partial charge in [-0.3, -0.25) is 0 Å². The summed E-state index contributed by atoms with van der Waals surface area (Å²) < 4.78 is 53.3. The van der Waals surface area contributed by atoms with Gasteiger partial charge < -0.3 is 9.16 Å².